The highest BCUT2D eigenvalue weighted by Crippen LogP contribution is 2.47. The van der Waals surface area contributed by atoms with Crippen molar-refractivity contribution in [1.29, 1.82) is 0 Å². The van der Waals surface area contributed by atoms with Crippen LogP contribution in [0.4, 0.5) is 0 Å². The van der Waals surface area contributed by atoms with Crippen LogP contribution < -0.4 is 18.9 Å². The van der Waals surface area contributed by atoms with Crippen LogP contribution in [0.2, 0.25) is 0 Å². The first kappa shape index (κ1) is 35.2. The average Bonchev–Trinajstić information content (AvgIpc) is 3.24. The molecule has 0 atom stereocenters. The van der Waals surface area contributed by atoms with Crippen molar-refractivity contribution < 1.29 is 33.2 Å². The highest BCUT2D eigenvalue weighted by Gasteiger charge is 2.20. The van der Waals surface area contributed by atoms with E-state index in [2.05, 4.69) is 60.7 Å². The van der Waals surface area contributed by atoms with Crippen LogP contribution in [0.3, 0.4) is 0 Å². The van der Waals surface area contributed by atoms with Gasteiger partial charge in [-0.2, -0.15) is 0 Å². The fourth-order valence-electron chi connectivity index (χ4n) is 7.03. The molecule has 272 valence electrons. The van der Waals surface area contributed by atoms with E-state index in [1.807, 2.05) is 84.9 Å². The van der Waals surface area contributed by atoms with Gasteiger partial charge in [0.25, 0.3) is 0 Å². The van der Waals surface area contributed by atoms with Gasteiger partial charge in [-0.25, -0.2) is 0 Å². The lowest BCUT2D eigenvalue weighted by atomic mass is 9.92. The SMILES string of the molecule is COCOc1ccc2ccccc2c1-c1c(O/C=C/O/C=C/Oc2ccc3ccccc3c2-c2c(OCOC)ccc3ccccc23)ccc2ccccc12. The molecular weight excluding hydrogens is 689 g/mol. The van der Waals surface area contributed by atoms with Crippen LogP contribution in [0.25, 0.3) is 65.3 Å². The van der Waals surface area contributed by atoms with Crippen LogP contribution in [0, 0.1) is 0 Å². The third kappa shape index (κ3) is 7.27. The van der Waals surface area contributed by atoms with Crippen LogP contribution in [0.1, 0.15) is 0 Å². The molecule has 7 nitrogen and oxygen atoms in total. The lowest BCUT2D eigenvalue weighted by Gasteiger charge is -2.18. The van der Waals surface area contributed by atoms with Crippen molar-refractivity contribution >= 4 is 43.1 Å². The molecule has 0 fully saturated rings. The molecule has 8 aromatic carbocycles. The number of benzene rings is 8. The summed E-state index contributed by atoms with van der Waals surface area (Å²) in [7, 11) is 3.22. The molecule has 0 radical (unpaired) electrons. The normalized spacial score (nSPS) is 11.6. The predicted molar refractivity (Wildman–Crippen MR) is 219 cm³/mol. The van der Waals surface area contributed by atoms with Gasteiger partial charge in [0.05, 0.1) is 0 Å². The Morgan fingerprint density at radius 2 is 0.655 bits per heavy atom. The molecule has 0 aliphatic heterocycles. The minimum Gasteiger partial charge on any atom is -0.467 e. The molecule has 0 aromatic heterocycles. The van der Waals surface area contributed by atoms with Gasteiger partial charge in [0.2, 0.25) is 0 Å². The van der Waals surface area contributed by atoms with Gasteiger partial charge in [-0.05, 0) is 67.4 Å². The smallest absolute Gasteiger partial charge is 0.188 e. The zero-order valence-corrected chi connectivity index (χ0v) is 30.4. The van der Waals surface area contributed by atoms with E-state index < -0.39 is 0 Å². The maximum Gasteiger partial charge on any atom is 0.188 e. The zero-order valence-electron chi connectivity index (χ0n) is 30.4. The van der Waals surface area contributed by atoms with Crippen molar-refractivity contribution in [1.82, 2.24) is 0 Å². The van der Waals surface area contributed by atoms with Crippen LogP contribution in [0.15, 0.2) is 171 Å². The number of ether oxygens (including phenoxy) is 7. The Balaban J connectivity index is 1.09. The number of hydrogen-bond donors (Lipinski definition) is 0. The molecule has 8 aromatic rings. The van der Waals surface area contributed by atoms with E-state index >= 15 is 0 Å². The molecule has 0 spiro atoms. The van der Waals surface area contributed by atoms with Gasteiger partial charge in [0.15, 0.2) is 13.6 Å². The molecule has 0 amide bonds. The van der Waals surface area contributed by atoms with Gasteiger partial charge in [-0.1, -0.05) is 121 Å². The Morgan fingerprint density at radius 1 is 0.345 bits per heavy atom. The number of fused-ring (bicyclic) bond motifs is 4. The Hall–Kier alpha value is -6.80. The lowest BCUT2D eigenvalue weighted by molar-refractivity contribution is 0.0514. The van der Waals surface area contributed by atoms with E-state index in [4.69, 9.17) is 33.2 Å². The van der Waals surface area contributed by atoms with Gasteiger partial charge < -0.3 is 33.2 Å². The molecule has 55 heavy (non-hydrogen) atoms. The third-order valence-electron chi connectivity index (χ3n) is 9.39. The molecule has 0 saturated carbocycles. The van der Waals surface area contributed by atoms with E-state index in [1.165, 1.54) is 25.0 Å². The van der Waals surface area contributed by atoms with Crippen LogP contribution in [-0.2, 0) is 14.2 Å². The number of rotatable bonds is 14. The highest BCUT2D eigenvalue weighted by atomic mass is 16.7. The van der Waals surface area contributed by atoms with Crippen LogP contribution in [0.5, 0.6) is 23.0 Å². The van der Waals surface area contributed by atoms with Gasteiger partial charge in [0, 0.05) is 36.5 Å². The summed E-state index contributed by atoms with van der Waals surface area (Å²) in [5.74, 6) is 2.66. The van der Waals surface area contributed by atoms with Crippen molar-refractivity contribution in [3.8, 4) is 45.3 Å². The van der Waals surface area contributed by atoms with Crippen molar-refractivity contribution in [2.24, 2.45) is 0 Å². The minimum absolute atomic E-state index is 0.111. The van der Waals surface area contributed by atoms with Gasteiger partial charge in [-0.3, -0.25) is 0 Å². The predicted octanol–water partition coefficient (Wildman–Crippen LogP) is 12.0. The summed E-state index contributed by atoms with van der Waals surface area (Å²) in [6, 6.07) is 49.0. The summed E-state index contributed by atoms with van der Waals surface area (Å²) >= 11 is 0. The standard InChI is InChI=1S/C48H38O7/c1-49-31-54-43-25-21-35-13-5-9-17-39(35)47(43)45-37-15-7-3-11-33(37)19-23-41(45)52-29-27-51-28-30-53-42-24-20-34-12-4-8-16-38(34)46(42)48-40-18-10-6-14-36(40)22-26-44(48)55-32-50-2/h3-30H,31-32H2,1-2H3/b29-27+,30-28+. The molecule has 0 saturated heterocycles. The topological polar surface area (TPSA) is 64.6 Å². The largest absolute Gasteiger partial charge is 0.467 e. The Morgan fingerprint density at radius 3 is 1.00 bits per heavy atom. The van der Waals surface area contributed by atoms with Crippen molar-refractivity contribution in [2.45, 2.75) is 0 Å². The second kappa shape index (κ2) is 16.5. The fourth-order valence-corrected chi connectivity index (χ4v) is 7.03. The maximum atomic E-state index is 6.29. The van der Waals surface area contributed by atoms with E-state index in [9.17, 15) is 0 Å². The molecule has 0 aliphatic carbocycles. The molecular formula is C48H38O7. The minimum atomic E-state index is 0.111. The first-order valence-electron chi connectivity index (χ1n) is 17.8. The Labute approximate surface area is 319 Å². The number of hydrogen-bond acceptors (Lipinski definition) is 7. The van der Waals surface area contributed by atoms with Crippen molar-refractivity contribution in [3.63, 3.8) is 0 Å². The summed E-state index contributed by atoms with van der Waals surface area (Å²) < 4.78 is 41.1. The van der Waals surface area contributed by atoms with Crippen molar-refractivity contribution in [3.05, 3.63) is 171 Å². The van der Waals surface area contributed by atoms with Crippen LogP contribution >= 0.6 is 0 Å². The van der Waals surface area contributed by atoms with E-state index in [0.717, 1.165) is 65.3 Å². The fraction of sp³-hybridized carbons (Fsp3) is 0.0833. The Bertz CT molecular complexity index is 2500. The Kier molecular flexibility index (Phi) is 10.6. The summed E-state index contributed by atoms with van der Waals surface area (Å²) in [5, 5.41) is 8.43. The summed E-state index contributed by atoms with van der Waals surface area (Å²) in [5.41, 5.74) is 3.63. The second-order valence-corrected chi connectivity index (χ2v) is 12.7. The summed E-state index contributed by atoms with van der Waals surface area (Å²) in [6.45, 7) is 0.222. The van der Waals surface area contributed by atoms with Crippen molar-refractivity contribution in [2.75, 3.05) is 27.8 Å². The van der Waals surface area contributed by atoms with Gasteiger partial charge in [-0.15, -0.1) is 0 Å². The third-order valence-corrected chi connectivity index (χ3v) is 9.39. The monoisotopic (exact) mass is 726 g/mol. The molecule has 0 N–H and O–H groups in total. The molecule has 0 unspecified atom stereocenters. The first-order chi connectivity index (χ1) is 27.2. The zero-order chi connectivity index (χ0) is 37.4. The van der Waals surface area contributed by atoms with Gasteiger partial charge >= 0.3 is 0 Å². The molecule has 0 aliphatic rings. The lowest BCUT2D eigenvalue weighted by Crippen LogP contribution is -2.01. The quantitative estimate of drug-likeness (QED) is 0.0816. The first-order valence-corrected chi connectivity index (χ1v) is 17.8. The second-order valence-electron chi connectivity index (χ2n) is 12.7. The van der Waals surface area contributed by atoms with E-state index in [0.29, 0.717) is 23.0 Å². The summed E-state index contributed by atoms with van der Waals surface area (Å²) in [6.07, 6.45) is 5.95. The number of methoxy groups -OCH3 is 2. The highest BCUT2D eigenvalue weighted by molar-refractivity contribution is 6.11. The average molecular weight is 727 g/mol. The van der Waals surface area contributed by atoms with E-state index in [1.54, 1.807) is 14.2 Å². The summed E-state index contributed by atoms with van der Waals surface area (Å²) in [4.78, 5) is 0. The maximum absolute atomic E-state index is 6.29. The van der Waals surface area contributed by atoms with E-state index in [-0.39, 0.29) is 13.6 Å². The molecule has 0 heterocycles. The van der Waals surface area contributed by atoms with Gasteiger partial charge in [0.1, 0.15) is 48.0 Å². The molecule has 0 bridgehead atoms. The molecule has 7 heteroatoms. The molecule has 8 rings (SSSR count). The van der Waals surface area contributed by atoms with Crippen LogP contribution in [-0.4, -0.2) is 27.8 Å².